The Morgan fingerprint density at radius 2 is 1.68 bits per heavy atom. The van der Waals surface area contributed by atoms with E-state index in [1.54, 1.807) is 0 Å². The molecule has 6 rings (SSSR count). The molecule has 0 spiro atoms. The molecule has 1 aromatic carbocycles. The first kappa shape index (κ1) is 24.7. The van der Waals surface area contributed by atoms with Crippen molar-refractivity contribution in [2.45, 2.75) is 52.9 Å². The highest BCUT2D eigenvalue weighted by Gasteiger charge is 2.30. The first-order valence-electron chi connectivity index (χ1n) is 14.1. The maximum Gasteiger partial charge on any atom is 0.182 e. The van der Waals surface area contributed by atoms with Gasteiger partial charge >= 0.3 is 0 Å². The lowest BCUT2D eigenvalue weighted by Gasteiger charge is -2.40. The largest absolute Gasteiger partial charge is 0.370 e. The summed E-state index contributed by atoms with van der Waals surface area (Å²) in [7, 11) is 0. The minimum absolute atomic E-state index is 0.351. The maximum atomic E-state index is 4.99. The summed E-state index contributed by atoms with van der Waals surface area (Å²) in [5.74, 6) is 2.35. The van der Waals surface area contributed by atoms with E-state index >= 15 is 0 Å². The number of nitrogens with one attached hydrogen (secondary N) is 1. The number of pyridine rings is 1. The number of hydrogen-bond donors (Lipinski definition) is 1. The van der Waals surface area contributed by atoms with E-state index < -0.39 is 0 Å². The van der Waals surface area contributed by atoms with E-state index in [1.165, 1.54) is 32.1 Å². The van der Waals surface area contributed by atoms with Gasteiger partial charge in [0.05, 0.1) is 17.1 Å². The van der Waals surface area contributed by atoms with Crippen molar-refractivity contribution in [3.63, 3.8) is 0 Å². The van der Waals surface area contributed by atoms with Crippen LogP contribution in [0.3, 0.4) is 0 Å². The van der Waals surface area contributed by atoms with Crippen LogP contribution in [0, 0.1) is 11.3 Å². The number of likely N-dealkylation sites (tertiary alicyclic amines) is 1. The molecule has 0 atom stereocenters. The van der Waals surface area contributed by atoms with Gasteiger partial charge in [-0.2, -0.15) is 5.10 Å². The zero-order valence-electron chi connectivity index (χ0n) is 23.0. The molecule has 2 aliphatic rings. The molecule has 0 unspecified atom stereocenters. The maximum absolute atomic E-state index is 4.99. The number of imidazole rings is 1. The van der Waals surface area contributed by atoms with E-state index in [-0.39, 0.29) is 0 Å². The highest BCUT2D eigenvalue weighted by atomic mass is 15.3. The molecule has 2 aliphatic heterocycles. The number of aromatic amines is 1. The van der Waals surface area contributed by atoms with Crippen LogP contribution in [0.1, 0.15) is 58.7 Å². The number of aromatic nitrogens is 5. The lowest BCUT2D eigenvalue weighted by molar-refractivity contribution is 0.144. The third-order valence-electron chi connectivity index (χ3n) is 8.39. The van der Waals surface area contributed by atoms with Gasteiger partial charge in [0.2, 0.25) is 0 Å². The van der Waals surface area contributed by atoms with Gasteiger partial charge in [0.1, 0.15) is 5.52 Å². The number of H-pyrrole nitrogens is 1. The average Bonchev–Trinajstić information content (AvgIpc) is 3.61. The van der Waals surface area contributed by atoms with E-state index in [2.05, 4.69) is 60.3 Å². The Kier molecular flexibility index (Phi) is 6.46. The van der Waals surface area contributed by atoms with Gasteiger partial charge in [-0.1, -0.05) is 57.7 Å². The van der Waals surface area contributed by atoms with Crippen molar-refractivity contribution in [3.8, 4) is 17.1 Å². The monoisotopic (exact) mass is 509 g/mol. The van der Waals surface area contributed by atoms with Crippen LogP contribution in [0.5, 0.6) is 0 Å². The third kappa shape index (κ3) is 4.82. The van der Waals surface area contributed by atoms with Crippen molar-refractivity contribution in [1.29, 1.82) is 0 Å². The molecule has 2 fully saturated rings. The highest BCUT2D eigenvalue weighted by molar-refractivity contribution is 5.89. The summed E-state index contributed by atoms with van der Waals surface area (Å²) in [5.41, 5.74) is 6.21. The standard InChI is InChI=1S/C31H39N7/c1-22(36-18-13-24(14-19-36)31(2,3)4)29-33-28-26(37-16-9-6-10-17-37)21-27(32-30(28)34-29)38-20-15-25(35-38)23-11-7-5-8-12-23/h5,7-8,11-12,15,20-21,24H,1,6,9-10,13-14,16-19H2,2-4H3,(H,32,33,34). The van der Waals surface area contributed by atoms with Crippen LogP contribution < -0.4 is 4.90 Å². The van der Waals surface area contributed by atoms with Crippen LogP contribution in [-0.2, 0) is 0 Å². The number of rotatable bonds is 5. The van der Waals surface area contributed by atoms with E-state index in [0.717, 1.165) is 77.5 Å². The Hall–Kier alpha value is -3.61. The molecule has 5 heterocycles. The van der Waals surface area contributed by atoms with E-state index in [9.17, 15) is 0 Å². The fourth-order valence-corrected chi connectivity index (χ4v) is 5.98. The van der Waals surface area contributed by atoms with Gasteiger partial charge in [-0.25, -0.2) is 14.6 Å². The van der Waals surface area contributed by atoms with Crippen LogP contribution in [0.4, 0.5) is 5.69 Å². The van der Waals surface area contributed by atoms with Gasteiger partial charge in [0.15, 0.2) is 17.3 Å². The summed E-state index contributed by atoms with van der Waals surface area (Å²) < 4.78 is 1.87. The van der Waals surface area contributed by atoms with Gasteiger partial charge in [0, 0.05) is 44.0 Å². The van der Waals surface area contributed by atoms with Crippen LogP contribution in [0.2, 0.25) is 0 Å². The quantitative estimate of drug-likeness (QED) is 0.331. The molecular weight excluding hydrogens is 470 g/mol. The van der Waals surface area contributed by atoms with Crippen LogP contribution in [0.15, 0.2) is 55.2 Å². The molecular formula is C31H39N7. The Bertz CT molecular complexity index is 1410. The molecule has 1 N–H and O–H groups in total. The minimum atomic E-state index is 0.351. The Balaban J connectivity index is 1.34. The van der Waals surface area contributed by atoms with Crippen LogP contribution in [-0.4, -0.2) is 55.8 Å². The lowest BCUT2D eigenvalue weighted by Crippen LogP contribution is -2.37. The number of nitrogens with zero attached hydrogens (tertiary/aromatic N) is 6. The zero-order valence-corrected chi connectivity index (χ0v) is 23.0. The first-order chi connectivity index (χ1) is 18.4. The Morgan fingerprint density at radius 1 is 0.947 bits per heavy atom. The van der Waals surface area contributed by atoms with E-state index in [4.69, 9.17) is 15.1 Å². The van der Waals surface area contributed by atoms with Crippen LogP contribution >= 0.6 is 0 Å². The number of piperidine rings is 2. The Labute approximate surface area is 225 Å². The number of hydrogen-bond acceptors (Lipinski definition) is 5. The summed E-state index contributed by atoms with van der Waals surface area (Å²) in [4.78, 5) is 18.4. The fourth-order valence-electron chi connectivity index (χ4n) is 5.98. The van der Waals surface area contributed by atoms with Crippen molar-refractivity contribution in [3.05, 3.63) is 61.1 Å². The summed E-state index contributed by atoms with van der Waals surface area (Å²) in [5, 5.41) is 4.86. The summed E-state index contributed by atoms with van der Waals surface area (Å²) in [6.45, 7) is 15.7. The smallest absolute Gasteiger partial charge is 0.182 e. The molecule has 198 valence electrons. The van der Waals surface area contributed by atoms with Crippen molar-refractivity contribution in [2.75, 3.05) is 31.1 Å². The van der Waals surface area contributed by atoms with Crippen molar-refractivity contribution in [2.24, 2.45) is 11.3 Å². The molecule has 38 heavy (non-hydrogen) atoms. The summed E-state index contributed by atoms with van der Waals surface area (Å²) in [6.07, 6.45) is 8.06. The minimum Gasteiger partial charge on any atom is -0.370 e. The van der Waals surface area contributed by atoms with Crippen molar-refractivity contribution in [1.82, 2.24) is 29.6 Å². The van der Waals surface area contributed by atoms with Gasteiger partial charge in [0.25, 0.3) is 0 Å². The Morgan fingerprint density at radius 3 is 2.39 bits per heavy atom. The molecule has 4 aromatic rings. The predicted octanol–water partition coefficient (Wildman–Crippen LogP) is 6.53. The lowest BCUT2D eigenvalue weighted by atomic mass is 9.75. The van der Waals surface area contributed by atoms with E-state index in [1.807, 2.05) is 35.1 Å². The van der Waals surface area contributed by atoms with E-state index in [0.29, 0.717) is 5.41 Å². The second-order valence-electron chi connectivity index (χ2n) is 11.9. The molecule has 0 saturated carbocycles. The molecule has 0 radical (unpaired) electrons. The third-order valence-corrected chi connectivity index (χ3v) is 8.39. The number of anilines is 1. The number of fused-ring (bicyclic) bond motifs is 1. The highest BCUT2D eigenvalue weighted by Crippen LogP contribution is 2.36. The second kappa shape index (κ2) is 9.93. The normalized spacial score (nSPS) is 17.3. The van der Waals surface area contributed by atoms with Crippen molar-refractivity contribution >= 4 is 22.5 Å². The van der Waals surface area contributed by atoms with Gasteiger partial charge in [-0.3, -0.25) is 0 Å². The average molecular weight is 510 g/mol. The molecule has 0 bridgehead atoms. The molecule has 3 aromatic heterocycles. The second-order valence-corrected chi connectivity index (χ2v) is 11.9. The topological polar surface area (TPSA) is 65.9 Å². The van der Waals surface area contributed by atoms with Crippen molar-refractivity contribution < 1.29 is 0 Å². The first-order valence-corrected chi connectivity index (χ1v) is 14.1. The summed E-state index contributed by atoms with van der Waals surface area (Å²) >= 11 is 0. The SMILES string of the molecule is C=C(c1nc2nc(-n3ccc(-c4ccccc4)n3)cc(N3CCCCC3)c2[nH]1)N1CCC(C(C)(C)C)CC1. The molecule has 0 amide bonds. The summed E-state index contributed by atoms with van der Waals surface area (Å²) in [6, 6.07) is 14.5. The van der Waals surface area contributed by atoms with Gasteiger partial charge in [-0.15, -0.1) is 0 Å². The van der Waals surface area contributed by atoms with Gasteiger partial charge < -0.3 is 14.8 Å². The molecule has 7 nitrogen and oxygen atoms in total. The molecule has 7 heteroatoms. The fraction of sp³-hybridized carbons (Fsp3) is 0.452. The number of benzene rings is 1. The molecule has 2 saturated heterocycles. The predicted molar refractivity (Wildman–Crippen MR) is 155 cm³/mol. The van der Waals surface area contributed by atoms with Crippen LogP contribution in [0.25, 0.3) is 33.9 Å². The zero-order chi connectivity index (χ0) is 26.3. The molecule has 0 aliphatic carbocycles. The van der Waals surface area contributed by atoms with Gasteiger partial charge in [-0.05, 0) is 49.5 Å².